The van der Waals surface area contributed by atoms with Gasteiger partial charge >= 0.3 is 0 Å². The van der Waals surface area contributed by atoms with Gasteiger partial charge in [-0.15, -0.1) is 0 Å². The summed E-state index contributed by atoms with van der Waals surface area (Å²) in [7, 11) is -3.83. The Bertz CT molecular complexity index is 534. The Morgan fingerprint density at radius 1 is 1.47 bits per heavy atom. The van der Waals surface area contributed by atoms with Crippen LogP contribution in [0.1, 0.15) is 13.8 Å². The van der Waals surface area contributed by atoms with E-state index in [-0.39, 0.29) is 12.2 Å². The Labute approximate surface area is 100 Å². The number of rotatable bonds is 4. The van der Waals surface area contributed by atoms with Gasteiger partial charge in [-0.05, 0) is 32.0 Å². The van der Waals surface area contributed by atoms with Gasteiger partial charge in [-0.2, -0.15) is 0 Å². The molecule has 0 saturated heterocycles. The van der Waals surface area contributed by atoms with Gasteiger partial charge in [0.15, 0.2) is 0 Å². The summed E-state index contributed by atoms with van der Waals surface area (Å²) in [6.07, 6.45) is 1.70. The molecule has 0 unspecified atom stereocenters. The molecule has 17 heavy (non-hydrogen) atoms. The first kappa shape index (κ1) is 13.7. The second-order valence-electron chi connectivity index (χ2n) is 3.82. The fourth-order valence-electron chi connectivity index (χ4n) is 1.17. The third-order valence-electron chi connectivity index (χ3n) is 2.03. The summed E-state index contributed by atoms with van der Waals surface area (Å²) in [6, 6.07) is 3.48. The summed E-state index contributed by atoms with van der Waals surface area (Å²) in [5.74, 6) is -0.852. The maximum Gasteiger partial charge on any atom is 0.243 e. The van der Waals surface area contributed by atoms with Crippen molar-refractivity contribution in [1.82, 2.24) is 4.72 Å². The van der Waals surface area contributed by atoms with Crippen LogP contribution in [-0.2, 0) is 10.0 Å². The van der Waals surface area contributed by atoms with E-state index in [0.717, 1.165) is 17.7 Å². The molecule has 1 rings (SSSR count). The summed E-state index contributed by atoms with van der Waals surface area (Å²) in [5, 5.41) is 0. The average Bonchev–Trinajstić information content (AvgIpc) is 2.15. The smallest absolute Gasteiger partial charge is 0.243 e. The molecule has 4 nitrogen and oxygen atoms in total. The van der Waals surface area contributed by atoms with Crippen molar-refractivity contribution in [2.45, 2.75) is 18.7 Å². The Hall–Kier alpha value is -1.40. The first-order valence-electron chi connectivity index (χ1n) is 5.01. The molecule has 0 fully saturated rings. The van der Waals surface area contributed by atoms with Crippen LogP contribution in [0, 0.1) is 5.82 Å². The normalized spacial score (nSPS) is 11.2. The van der Waals surface area contributed by atoms with Gasteiger partial charge in [0.05, 0.1) is 0 Å². The first-order chi connectivity index (χ1) is 7.83. The number of nitrogens with two attached hydrogens (primary N) is 1. The van der Waals surface area contributed by atoms with E-state index in [1.54, 1.807) is 6.08 Å². The molecule has 1 aromatic carbocycles. The molecule has 0 radical (unpaired) electrons. The lowest BCUT2D eigenvalue weighted by Crippen LogP contribution is -2.24. The minimum atomic E-state index is -3.83. The predicted molar refractivity (Wildman–Crippen MR) is 65.4 cm³/mol. The summed E-state index contributed by atoms with van der Waals surface area (Å²) in [6.45, 7) is 3.82. The second kappa shape index (κ2) is 5.29. The fourth-order valence-corrected chi connectivity index (χ4v) is 2.19. The number of hydrogen-bond donors (Lipinski definition) is 2. The van der Waals surface area contributed by atoms with Crippen LogP contribution in [0.25, 0.3) is 0 Å². The van der Waals surface area contributed by atoms with Crippen molar-refractivity contribution in [3.05, 3.63) is 35.7 Å². The molecule has 0 aliphatic carbocycles. The van der Waals surface area contributed by atoms with Crippen LogP contribution in [-0.4, -0.2) is 15.0 Å². The van der Waals surface area contributed by atoms with Crippen molar-refractivity contribution >= 4 is 15.7 Å². The molecule has 94 valence electrons. The van der Waals surface area contributed by atoms with Crippen molar-refractivity contribution in [3.8, 4) is 0 Å². The lowest BCUT2D eigenvalue weighted by atomic mass is 10.3. The van der Waals surface area contributed by atoms with Gasteiger partial charge in [-0.1, -0.05) is 11.6 Å². The highest BCUT2D eigenvalue weighted by atomic mass is 32.2. The molecule has 3 N–H and O–H groups in total. The van der Waals surface area contributed by atoms with Crippen molar-refractivity contribution in [2.75, 3.05) is 12.3 Å². The summed E-state index contributed by atoms with van der Waals surface area (Å²) in [4.78, 5) is -0.395. The monoisotopic (exact) mass is 258 g/mol. The van der Waals surface area contributed by atoms with Crippen molar-refractivity contribution in [3.63, 3.8) is 0 Å². The molecule has 0 aromatic heterocycles. The minimum absolute atomic E-state index is 0.133. The number of benzene rings is 1. The predicted octanol–water partition coefficient (Wildman–Crippen LogP) is 1.65. The second-order valence-corrected chi connectivity index (χ2v) is 5.56. The van der Waals surface area contributed by atoms with E-state index in [4.69, 9.17) is 5.73 Å². The lowest BCUT2D eigenvalue weighted by Gasteiger charge is -2.06. The highest BCUT2D eigenvalue weighted by Gasteiger charge is 2.17. The van der Waals surface area contributed by atoms with E-state index in [2.05, 4.69) is 4.72 Å². The van der Waals surface area contributed by atoms with Crippen LogP contribution in [0.15, 0.2) is 34.7 Å². The standard InChI is InChI=1S/C11H15FN2O2S/c1-8(2)5-6-14-17(15,16)11-4-3-9(13)7-10(11)12/h3-5,7,14H,6,13H2,1-2H3. The lowest BCUT2D eigenvalue weighted by molar-refractivity contribution is 0.560. The topological polar surface area (TPSA) is 72.2 Å². The number of halogens is 1. The van der Waals surface area contributed by atoms with Crippen LogP contribution in [0.2, 0.25) is 0 Å². The molecule has 0 spiro atoms. The number of sulfonamides is 1. The molecule has 0 amide bonds. The van der Waals surface area contributed by atoms with E-state index in [9.17, 15) is 12.8 Å². The molecule has 0 saturated carbocycles. The number of nitrogens with one attached hydrogen (secondary N) is 1. The summed E-state index contributed by atoms with van der Waals surface area (Å²) >= 11 is 0. The van der Waals surface area contributed by atoms with Gasteiger partial charge < -0.3 is 5.73 Å². The van der Waals surface area contributed by atoms with Crippen LogP contribution < -0.4 is 10.5 Å². The highest BCUT2D eigenvalue weighted by molar-refractivity contribution is 7.89. The zero-order chi connectivity index (χ0) is 13.1. The van der Waals surface area contributed by atoms with Crippen LogP contribution in [0.4, 0.5) is 10.1 Å². The molecule has 0 bridgehead atoms. The van der Waals surface area contributed by atoms with Gasteiger partial charge in [-0.3, -0.25) is 0 Å². The SMILES string of the molecule is CC(C)=CCNS(=O)(=O)c1ccc(N)cc1F. The third-order valence-corrected chi connectivity index (χ3v) is 3.49. The average molecular weight is 258 g/mol. The molecule has 0 atom stereocenters. The maximum atomic E-state index is 13.4. The number of allylic oxidation sites excluding steroid dienone is 1. The van der Waals surface area contributed by atoms with Gasteiger partial charge in [0.25, 0.3) is 0 Å². The molecule has 0 heterocycles. The van der Waals surface area contributed by atoms with Gasteiger partial charge in [0.1, 0.15) is 10.7 Å². The quantitative estimate of drug-likeness (QED) is 0.637. The number of hydrogen-bond acceptors (Lipinski definition) is 3. The Kier molecular flexibility index (Phi) is 4.25. The third kappa shape index (κ3) is 3.83. The highest BCUT2D eigenvalue weighted by Crippen LogP contribution is 2.16. The van der Waals surface area contributed by atoms with Crippen molar-refractivity contribution in [1.29, 1.82) is 0 Å². The fraction of sp³-hybridized carbons (Fsp3) is 0.273. The van der Waals surface area contributed by atoms with E-state index in [1.807, 2.05) is 13.8 Å². The zero-order valence-corrected chi connectivity index (χ0v) is 10.5. The van der Waals surface area contributed by atoms with Crippen LogP contribution in [0.3, 0.4) is 0 Å². The van der Waals surface area contributed by atoms with Gasteiger partial charge in [0.2, 0.25) is 10.0 Å². The first-order valence-corrected chi connectivity index (χ1v) is 6.49. The van der Waals surface area contributed by atoms with Crippen molar-refractivity contribution < 1.29 is 12.8 Å². The molecule has 0 aliphatic rings. The van der Waals surface area contributed by atoms with Crippen molar-refractivity contribution in [2.24, 2.45) is 0 Å². The number of anilines is 1. The largest absolute Gasteiger partial charge is 0.399 e. The molecular formula is C11H15FN2O2S. The van der Waals surface area contributed by atoms with Gasteiger partial charge in [0, 0.05) is 12.2 Å². The summed E-state index contributed by atoms with van der Waals surface area (Å²) < 4.78 is 39.1. The summed E-state index contributed by atoms with van der Waals surface area (Å²) in [5.41, 5.74) is 6.51. The zero-order valence-electron chi connectivity index (χ0n) is 9.70. The number of nitrogen functional groups attached to an aromatic ring is 1. The molecule has 1 aromatic rings. The van der Waals surface area contributed by atoms with Crippen LogP contribution >= 0.6 is 0 Å². The van der Waals surface area contributed by atoms with Crippen LogP contribution in [0.5, 0.6) is 0 Å². The van der Waals surface area contributed by atoms with E-state index in [0.29, 0.717) is 0 Å². The molecule has 6 heteroatoms. The minimum Gasteiger partial charge on any atom is -0.399 e. The Morgan fingerprint density at radius 3 is 2.65 bits per heavy atom. The van der Waals surface area contributed by atoms with Gasteiger partial charge in [-0.25, -0.2) is 17.5 Å². The van der Waals surface area contributed by atoms with E-state index >= 15 is 0 Å². The van der Waals surface area contributed by atoms with E-state index < -0.39 is 20.7 Å². The Balaban J connectivity index is 2.94. The Morgan fingerprint density at radius 2 is 2.12 bits per heavy atom. The van der Waals surface area contributed by atoms with E-state index in [1.165, 1.54) is 6.07 Å². The molecular weight excluding hydrogens is 243 g/mol. The maximum absolute atomic E-state index is 13.4. The molecule has 0 aliphatic heterocycles.